The molecule has 0 unspecified atom stereocenters. The third-order valence-corrected chi connectivity index (χ3v) is 11.1. The van der Waals surface area contributed by atoms with Crippen LogP contribution in [0, 0.1) is 0 Å². The normalized spacial score (nSPS) is 12.6. The Morgan fingerprint density at radius 1 is 0.727 bits per heavy atom. The van der Waals surface area contributed by atoms with Gasteiger partial charge in [0.1, 0.15) is 0 Å². The summed E-state index contributed by atoms with van der Waals surface area (Å²) in [4.78, 5) is 4.43. The summed E-state index contributed by atoms with van der Waals surface area (Å²) in [6.07, 6.45) is 6.64. The Balaban J connectivity index is 2.98. The lowest BCUT2D eigenvalue weighted by Crippen LogP contribution is -2.09. The number of hydrogen-bond donors (Lipinski definition) is 0. The lowest BCUT2D eigenvalue weighted by atomic mass is 10.2. The molecule has 0 aliphatic rings. The highest BCUT2D eigenvalue weighted by Crippen LogP contribution is 2.52. The highest BCUT2D eigenvalue weighted by Gasteiger charge is 2.22. The van der Waals surface area contributed by atoms with Crippen molar-refractivity contribution in [1.82, 2.24) is 4.98 Å². The molecular weight excluding hydrogens is 304 g/mol. The Kier molecular flexibility index (Phi) is 8.52. The molecule has 0 N–H and O–H groups in total. The van der Waals surface area contributed by atoms with Crippen molar-refractivity contribution in [2.24, 2.45) is 0 Å². The van der Waals surface area contributed by atoms with Crippen LogP contribution >= 0.6 is 15.8 Å². The zero-order valence-electron chi connectivity index (χ0n) is 15.8. The van der Waals surface area contributed by atoms with Crippen molar-refractivity contribution >= 4 is 15.8 Å². The molecule has 0 fully saturated rings. The summed E-state index contributed by atoms with van der Waals surface area (Å²) < 4.78 is 0. The first-order valence-corrected chi connectivity index (χ1v) is 12.0. The molecular formula is C19H35NP2. The Hall–Kier alpha value is 0.01000. The van der Waals surface area contributed by atoms with Gasteiger partial charge in [0.15, 0.2) is 0 Å². The largest absolute Gasteiger partial charge is 0.264 e. The molecule has 1 aromatic rings. The SMILES string of the molecule is CC(C)P(Cc1ccncc1CP(C(C)C)C(C)C)C(C)C. The van der Waals surface area contributed by atoms with E-state index in [0.29, 0.717) is 0 Å². The van der Waals surface area contributed by atoms with Crippen LogP contribution in [0.4, 0.5) is 0 Å². The molecule has 0 saturated heterocycles. The second-order valence-electron chi connectivity index (χ2n) is 7.36. The maximum Gasteiger partial charge on any atom is 0.0306 e. The predicted octanol–water partition coefficient (Wildman–Crippen LogP) is 6.68. The van der Waals surface area contributed by atoms with Crippen LogP contribution in [0.2, 0.25) is 0 Å². The van der Waals surface area contributed by atoms with E-state index < -0.39 is 0 Å². The first-order valence-electron chi connectivity index (χ1n) is 8.67. The molecule has 0 bridgehead atoms. The highest BCUT2D eigenvalue weighted by atomic mass is 31.1. The van der Waals surface area contributed by atoms with Crippen LogP contribution in [0.3, 0.4) is 0 Å². The maximum atomic E-state index is 4.43. The molecule has 3 heteroatoms. The lowest BCUT2D eigenvalue weighted by molar-refractivity contribution is 0.981. The molecule has 22 heavy (non-hydrogen) atoms. The van der Waals surface area contributed by atoms with Crippen molar-refractivity contribution in [3.05, 3.63) is 29.6 Å². The molecule has 0 aliphatic carbocycles. The summed E-state index contributed by atoms with van der Waals surface area (Å²) in [5.41, 5.74) is 6.27. The van der Waals surface area contributed by atoms with Gasteiger partial charge in [-0.25, -0.2) is 0 Å². The summed E-state index contributed by atoms with van der Waals surface area (Å²) in [6, 6.07) is 2.28. The van der Waals surface area contributed by atoms with Gasteiger partial charge in [0.05, 0.1) is 0 Å². The van der Waals surface area contributed by atoms with E-state index in [2.05, 4.69) is 72.6 Å². The number of hydrogen-bond acceptors (Lipinski definition) is 1. The van der Waals surface area contributed by atoms with Crippen LogP contribution in [0.1, 0.15) is 66.5 Å². The Labute approximate surface area is 141 Å². The Bertz CT molecular complexity index is 384. The number of rotatable bonds is 8. The minimum Gasteiger partial charge on any atom is -0.264 e. The summed E-state index contributed by atoms with van der Waals surface area (Å²) in [7, 11) is 0.0930. The first kappa shape index (κ1) is 20.1. The van der Waals surface area contributed by atoms with Crippen molar-refractivity contribution < 1.29 is 0 Å². The zero-order valence-corrected chi connectivity index (χ0v) is 17.6. The van der Waals surface area contributed by atoms with E-state index in [1.807, 2.05) is 6.20 Å². The van der Waals surface area contributed by atoms with E-state index in [1.165, 1.54) is 17.9 Å². The Morgan fingerprint density at radius 3 is 1.55 bits per heavy atom. The molecule has 0 atom stereocenters. The number of nitrogens with zero attached hydrogens (tertiary/aromatic N) is 1. The second-order valence-corrected chi connectivity index (χ2v) is 14.2. The summed E-state index contributed by atoms with van der Waals surface area (Å²) in [5, 5.41) is 0. The molecule has 1 rings (SSSR count). The van der Waals surface area contributed by atoms with Gasteiger partial charge >= 0.3 is 0 Å². The molecule has 0 spiro atoms. The van der Waals surface area contributed by atoms with Gasteiger partial charge in [0.2, 0.25) is 0 Å². The van der Waals surface area contributed by atoms with Gasteiger partial charge in [-0.05, 0) is 52.2 Å². The smallest absolute Gasteiger partial charge is 0.0306 e. The first-order chi connectivity index (χ1) is 10.2. The quantitative estimate of drug-likeness (QED) is 0.481. The zero-order chi connectivity index (χ0) is 16.9. The van der Waals surface area contributed by atoms with E-state index in [1.54, 1.807) is 5.56 Å². The predicted molar refractivity (Wildman–Crippen MR) is 106 cm³/mol. The minimum atomic E-state index is 0.0404. The van der Waals surface area contributed by atoms with Crippen molar-refractivity contribution in [2.45, 2.75) is 90.3 Å². The van der Waals surface area contributed by atoms with Gasteiger partial charge in [-0.3, -0.25) is 4.98 Å². The second kappa shape index (κ2) is 9.34. The van der Waals surface area contributed by atoms with Crippen LogP contribution in [0.5, 0.6) is 0 Å². The average molecular weight is 339 g/mol. The van der Waals surface area contributed by atoms with E-state index >= 15 is 0 Å². The standard InChI is InChI=1S/C19H35NP2/c1-14(2)21(15(3)4)12-18-9-10-20-11-19(18)13-22(16(5)6)17(7)8/h9-11,14-17H,12-13H2,1-8H3. The van der Waals surface area contributed by atoms with Gasteiger partial charge in [0.25, 0.3) is 0 Å². The van der Waals surface area contributed by atoms with Gasteiger partial charge in [0, 0.05) is 12.4 Å². The fraction of sp³-hybridized carbons (Fsp3) is 0.737. The highest BCUT2D eigenvalue weighted by molar-refractivity contribution is 7.58. The fourth-order valence-electron chi connectivity index (χ4n) is 3.07. The monoisotopic (exact) mass is 339 g/mol. The molecule has 0 aromatic carbocycles. The van der Waals surface area contributed by atoms with E-state index in [4.69, 9.17) is 0 Å². The third kappa shape index (κ3) is 5.90. The minimum absolute atomic E-state index is 0.0404. The number of aromatic nitrogens is 1. The third-order valence-electron chi connectivity index (χ3n) is 4.36. The molecule has 126 valence electrons. The molecule has 0 amide bonds. The molecule has 1 aromatic heterocycles. The molecule has 0 radical (unpaired) electrons. The summed E-state index contributed by atoms with van der Waals surface area (Å²) >= 11 is 0. The lowest BCUT2D eigenvalue weighted by Gasteiger charge is -2.29. The van der Waals surface area contributed by atoms with E-state index in [-0.39, 0.29) is 15.8 Å². The summed E-state index contributed by atoms with van der Waals surface area (Å²) in [5.74, 6) is 0. The van der Waals surface area contributed by atoms with Gasteiger partial charge in [-0.2, -0.15) is 0 Å². The molecule has 1 nitrogen and oxygen atoms in total. The molecule has 0 saturated carbocycles. The number of pyridine rings is 1. The van der Waals surface area contributed by atoms with Gasteiger partial charge < -0.3 is 0 Å². The fourth-order valence-corrected chi connectivity index (χ4v) is 8.29. The van der Waals surface area contributed by atoms with E-state index in [9.17, 15) is 0 Å². The van der Waals surface area contributed by atoms with Crippen LogP contribution in [-0.4, -0.2) is 27.6 Å². The summed E-state index contributed by atoms with van der Waals surface area (Å²) in [6.45, 7) is 19.1. The van der Waals surface area contributed by atoms with E-state index in [0.717, 1.165) is 22.6 Å². The van der Waals surface area contributed by atoms with Gasteiger partial charge in [-0.1, -0.05) is 71.2 Å². The van der Waals surface area contributed by atoms with Crippen molar-refractivity contribution in [3.8, 4) is 0 Å². The topological polar surface area (TPSA) is 12.9 Å². The van der Waals surface area contributed by atoms with Crippen LogP contribution in [-0.2, 0) is 12.3 Å². The van der Waals surface area contributed by atoms with Crippen molar-refractivity contribution in [2.75, 3.05) is 0 Å². The van der Waals surface area contributed by atoms with Crippen LogP contribution in [0.15, 0.2) is 18.5 Å². The van der Waals surface area contributed by atoms with Crippen molar-refractivity contribution in [1.29, 1.82) is 0 Å². The average Bonchev–Trinajstić information content (AvgIpc) is 2.41. The maximum absolute atomic E-state index is 4.43. The Morgan fingerprint density at radius 2 is 1.14 bits per heavy atom. The van der Waals surface area contributed by atoms with Crippen LogP contribution < -0.4 is 0 Å². The van der Waals surface area contributed by atoms with Crippen LogP contribution in [0.25, 0.3) is 0 Å². The van der Waals surface area contributed by atoms with Gasteiger partial charge in [-0.15, -0.1) is 0 Å². The molecule has 0 aliphatic heterocycles. The molecule has 1 heterocycles. The van der Waals surface area contributed by atoms with Crippen molar-refractivity contribution in [3.63, 3.8) is 0 Å².